The monoisotopic (exact) mass is 274 g/mol. The molecule has 2 rings (SSSR count). The van der Waals surface area contributed by atoms with Crippen molar-refractivity contribution in [3.8, 4) is 11.5 Å². The predicted molar refractivity (Wildman–Crippen MR) is 77.6 cm³/mol. The fraction of sp³-hybridized carbons (Fsp3) is 0.294. The first-order valence-corrected chi connectivity index (χ1v) is 6.59. The zero-order valence-electron chi connectivity index (χ0n) is 12.0. The van der Waals surface area contributed by atoms with Gasteiger partial charge in [0.15, 0.2) is 0 Å². The first kappa shape index (κ1) is 14.4. The number of hydrogen-bond acceptors (Lipinski definition) is 2. The van der Waals surface area contributed by atoms with Gasteiger partial charge in [-0.3, -0.25) is 0 Å². The molecular formula is C17H19FO2. The SMILES string of the molecule is CC(C)(C)Oc1ccc(OCc2ccc(F)cc2)cc1. The van der Waals surface area contributed by atoms with E-state index in [2.05, 4.69) is 0 Å². The molecule has 0 amide bonds. The fourth-order valence-electron chi connectivity index (χ4n) is 1.70. The Labute approximate surface area is 119 Å². The highest BCUT2D eigenvalue weighted by Gasteiger charge is 2.11. The van der Waals surface area contributed by atoms with Gasteiger partial charge in [0, 0.05) is 0 Å². The van der Waals surface area contributed by atoms with Crippen LogP contribution in [0.2, 0.25) is 0 Å². The standard InChI is InChI=1S/C17H19FO2/c1-17(2,3)20-16-10-8-15(9-11-16)19-12-13-4-6-14(18)7-5-13/h4-11H,12H2,1-3H3. The summed E-state index contributed by atoms with van der Waals surface area (Å²) in [6.07, 6.45) is 0. The smallest absolute Gasteiger partial charge is 0.123 e. The maximum absolute atomic E-state index is 12.8. The quantitative estimate of drug-likeness (QED) is 0.812. The van der Waals surface area contributed by atoms with Gasteiger partial charge in [0.1, 0.15) is 29.5 Å². The van der Waals surface area contributed by atoms with Crippen LogP contribution in [0, 0.1) is 5.82 Å². The van der Waals surface area contributed by atoms with Crippen molar-refractivity contribution in [2.75, 3.05) is 0 Å². The van der Waals surface area contributed by atoms with E-state index in [0.717, 1.165) is 17.1 Å². The molecule has 0 saturated heterocycles. The molecule has 0 unspecified atom stereocenters. The number of halogens is 1. The van der Waals surface area contributed by atoms with Crippen LogP contribution in [0.5, 0.6) is 11.5 Å². The fourth-order valence-corrected chi connectivity index (χ4v) is 1.70. The van der Waals surface area contributed by atoms with Crippen molar-refractivity contribution < 1.29 is 13.9 Å². The van der Waals surface area contributed by atoms with Gasteiger partial charge in [-0.2, -0.15) is 0 Å². The summed E-state index contributed by atoms with van der Waals surface area (Å²) in [4.78, 5) is 0. The Morgan fingerprint density at radius 1 is 0.850 bits per heavy atom. The van der Waals surface area contributed by atoms with E-state index in [0.29, 0.717) is 6.61 Å². The highest BCUT2D eigenvalue weighted by molar-refractivity contribution is 5.32. The molecule has 106 valence electrons. The lowest BCUT2D eigenvalue weighted by Crippen LogP contribution is -2.22. The molecule has 20 heavy (non-hydrogen) atoms. The van der Waals surface area contributed by atoms with Gasteiger partial charge in [-0.15, -0.1) is 0 Å². The zero-order valence-corrected chi connectivity index (χ0v) is 12.0. The van der Waals surface area contributed by atoms with Crippen LogP contribution in [-0.2, 0) is 6.61 Å². The minimum Gasteiger partial charge on any atom is -0.489 e. The van der Waals surface area contributed by atoms with Crippen molar-refractivity contribution in [3.05, 3.63) is 59.9 Å². The van der Waals surface area contributed by atoms with Crippen LogP contribution in [0.15, 0.2) is 48.5 Å². The molecule has 0 aliphatic heterocycles. The molecule has 2 aromatic carbocycles. The van der Waals surface area contributed by atoms with Gasteiger partial charge < -0.3 is 9.47 Å². The molecule has 3 heteroatoms. The molecule has 0 saturated carbocycles. The van der Waals surface area contributed by atoms with Crippen molar-refractivity contribution in [1.29, 1.82) is 0 Å². The molecule has 0 aliphatic rings. The highest BCUT2D eigenvalue weighted by Crippen LogP contribution is 2.22. The van der Waals surface area contributed by atoms with Crippen molar-refractivity contribution in [3.63, 3.8) is 0 Å². The minimum atomic E-state index is -0.238. The predicted octanol–water partition coefficient (Wildman–Crippen LogP) is 4.58. The molecular weight excluding hydrogens is 255 g/mol. The Morgan fingerprint density at radius 3 is 1.95 bits per heavy atom. The van der Waals surface area contributed by atoms with E-state index < -0.39 is 0 Å². The van der Waals surface area contributed by atoms with Crippen LogP contribution in [0.3, 0.4) is 0 Å². The van der Waals surface area contributed by atoms with Gasteiger partial charge in [-0.05, 0) is 62.7 Å². The van der Waals surface area contributed by atoms with Crippen LogP contribution >= 0.6 is 0 Å². The van der Waals surface area contributed by atoms with Crippen molar-refractivity contribution >= 4 is 0 Å². The molecule has 0 heterocycles. The number of rotatable bonds is 4. The summed E-state index contributed by atoms with van der Waals surface area (Å²) < 4.78 is 24.1. The molecule has 2 nitrogen and oxygen atoms in total. The summed E-state index contributed by atoms with van der Waals surface area (Å²) in [5.41, 5.74) is 0.720. The van der Waals surface area contributed by atoms with E-state index in [1.807, 2.05) is 45.0 Å². The van der Waals surface area contributed by atoms with Gasteiger partial charge in [0.05, 0.1) is 0 Å². The lowest BCUT2D eigenvalue weighted by Gasteiger charge is -2.21. The summed E-state index contributed by atoms with van der Waals surface area (Å²) >= 11 is 0. The van der Waals surface area contributed by atoms with Gasteiger partial charge in [0.2, 0.25) is 0 Å². The maximum atomic E-state index is 12.8. The van der Waals surface area contributed by atoms with Crippen LogP contribution < -0.4 is 9.47 Å². The van der Waals surface area contributed by atoms with E-state index in [-0.39, 0.29) is 11.4 Å². The summed E-state index contributed by atoms with van der Waals surface area (Å²) in [5.74, 6) is 1.33. The third kappa shape index (κ3) is 4.57. The van der Waals surface area contributed by atoms with Crippen LogP contribution in [0.4, 0.5) is 4.39 Å². The highest BCUT2D eigenvalue weighted by atomic mass is 19.1. The molecule has 0 bridgehead atoms. The second-order valence-electron chi connectivity index (χ2n) is 5.60. The molecule has 2 aromatic rings. The molecule has 0 atom stereocenters. The van der Waals surface area contributed by atoms with Crippen LogP contribution in [0.25, 0.3) is 0 Å². The maximum Gasteiger partial charge on any atom is 0.123 e. The average Bonchev–Trinajstić information content (AvgIpc) is 2.38. The molecule has 0 aromatic heterocycles. The third-order valence-electron chi connectivity index (χ3n) is 2.57. The van der Waals surface area contributed by atoms with Crippen molar-refractivity contribution in [1.82, 2.24) is 0 Å². The Balaban J connectivity index is 1.92. The van der Waals surface area contributed by atoms with E-state index in [1.54, 1.807) is 12.1 Å². The molecule has 0 aliphatic carbocycles. The molecule has 0 fully saturated rings. The van der Waals surface area contributed by atoms with Crippen molar-refractivity contribution in [2.24, 2.45) is 0 Å². The molecule has 0 N–H and O–H groups in total. The second-order valence-corrected chi connectivity index (χ2v) is 5.60. The first-order valence-electron chi connectivity index (χ1n) is 6.59. The summed E-state index contributed by atoms with van der Waals surface area (Å²) in [6.45, 7) is 6.43. The topological polar surface area (TPSA) is 18.5 Å². The third-order valence-corrected chi connectivity index (χ3v) is 2.57. The summed E-state index contributed by atoms with van der Waals surface area (Å²) in [6, 6.07) is 13.8. The average molecular weight is 274 g/mol. The lowest BCUT2D eigenvalue weighted by molar-refractivity contribution is 0.130. The minimum absolute atomic E-state index is 0.212. The van der Waals surface area contributed by atoms with Gasteiger partial charge >= 0.3 is 0 Å². The summed E-state index contributed by atoms with van der Waals surface area (Å²) in [7, 11) is 0. The van der Waals surface area contributed by atoms with E-state index >= 15 is 0 Å². The number of benzene rings is 2. The van der Waals surface area contributed by atoms with E-state index in [9.17, 15) is 4.39 Å². The Morgan fingerprint density at radius 2 is 1.40 bits per heavy atom. The van der Waals surface area contributed by atoms with Crippen LogP contribution in [0.1, 0.15) is 26.3 Å². The van der Waals surface area contributed by atoms with Gasteiger partial charge in [-0.25, -0.2) is 4.39 Å². The van der Waals surface area contributed by atoms with Crippen molar-refractivity contribution in [2.45, 2.75) is 33.0 Å². The van der Waals surface area contributed by atoms with Gasteiger partial charge in [0.25, 0.3) is 0 Å². The number of hydrogen-bond donors (Lipinski definition) is 0. The van der Waals surface area contributed by atoms with E-state index in [1.165, 1.54) is 12.1 Å². The Bertz CT molecular complexity index is 539. The lowest BCUT2D eigenvalue weighted by atomic mass is 10.2. The largest absolute Gasteiger partial charge is 0.489 e. The Hall–Kier alpha value is -2.03. The van der Waals surface area contributed by atoms with Gasteiger partial charge in [-0.1, -0.05) is 12.1 Å². The van der Waals surface area contributed by atoms with Crippen LogP contribution in [-0.4, -0.2) is 5.60 Å². The number of ether oxygens (including phenoxy) is 2. The zero-order chi connectivity index (χ0) is 14.6. The molecule has 0 radical (unpaired) electrons. The molecule has 0 spiro atoms. The second kappa shape index (κ2) is 5.95. The van der Waals surface area contributed by atoms with E-state index in [4.69, 9.17) is 9.47 Å². The Kier molecular flexibility index (Phi) is 4.28. The normalized spacial score (nSPS) is 11.2. The summed E-state index contributed by atoms with van der Waals surface area (Å²) in [5, 5.41) is 0. The first-order chi connectivity index (χ1) is 9.42.